The zero-order valence-corrected chi connectivity index (χ0v) is 19.4. The summed E-state index contributed by atoms with van der Waals surface area (Å²) in [5.74, 6) is 2.22. The fourth-order valence-corrected chi connectivity index (χ4v) is 3.64. The van der Waals surface area contributed by atoms with Crippen LogP contribution in [0.25, 0.3) is 11.3 Å². The van der Waals surface area contributed by atoms with Gasteiger partial charge in [-0.1, -0.05) is 17.8 Å². The normalized spacial score (nSPS) is 10.4. The first kappa shape index (κ1) is 23.2. The molecule has 0 bridgehead atoms. The van der Waals surface area contributed by atoms with Crippen molar-refractivity contribution >= 4 is 23.4 Å². The Bertz CT molecular complexity index is 1060. The second-order valence-electron chi connectivity index (χ2n) is 6.71. The van der Waals surface area contributed by atoms with Crippen LogP contribution >= 0.6 is 11.8 Å². The van der Waals surface area contributed by atoms with Crippen LogP contribution in [-0.4, -0.2) is 50.3 Å². The van der Waals surface area contributed by atoms with Crippen LogP contribution in [0.4, 0.5) is 5.69 Å². The van der Waals surface area contributed by atoms with Gasteiger partial charge in [0.05, 0.1) is 45.6 Å². The number of anilines is 1. The first-order valence-electron chi connectivity index (χ1n) is 9.70. The largest absolute Gasteiger partial charge is 0.495 e. The van der Waals surface area contributed by atoms with Crippen molar-refractivity contribution in [3.8, 4) is 34.3 Å². The third-order valence-corrected chi connectivity index (χ3v) is 5.50. The predicted octanol–water partition coefficient (Wildman–Crippen LogP) is 4.22. The molecule has 1 heterocycles. The second-order valence-corrected chi connectivity index (χ2v) is 7.71. The standard InChI is InChI=1S/C23H25N3O5S/c1-14-6-8-18(28-2)17(10-14)24-21(27)13-32-22-9-7-16(25-26-22)15-11-19(29-3)23(31-5)20(12-15)30-4/h6-12H,13H2,1-5H3,(H,24,27). The van der Waals surface area contributed by atoms with Crippen LogP contribution in [0.3, 0.4) is 0 Å². The highest BCUT2D eigenvalue weighted by atomic mass is 32.2. The maximum absolute atomic E-state index is 12.4. The van der Waals surface area contributed by atoms with Gasteiger partial charge in [-0.15, -0.1) is 10.2 Å². The van der Waals surface area contributed by atoms with Gasteiger partial charge >= 0.3 is 0 Å². The molecule has 168 valence electrons. The van der Waals surface area contributed by atoms with Gasteiger partial charge < -0.3 is 24.3 Å². The van der Waals surface area contributed by atoms with Gasteiger partial charge in [0.1, 0.15) is 10.8 Å². The van der Waals surface area contributed by atoms with Crippen LogP contribution < -0.4 is 24.3 Å². The summed E-state index contributed by atoms with van der Waals surface area (Å²) >= 11 is 1.29. The van der Waals surface area contributed by atoms with E-state index < -0.39 is 0 Å². The number of methoxy groups -OCH3 is 4. The van der Waals surface area contributed by atoms with Crippen molar-refractivity contribution in [2.75, 3.05) is 39.5 Å². The SMILES string of the molecule is COc1ccc(C)cc1NC(=O)CSc1ccc(-c2cc(OC)c(OC)c(OC)c2)nn1. The molecule has 8 nitrogen and oxygen atoms in total. The molecule has 2 aromatic carbocycles. The van der Waals surface area contributed by atoms with E-state index in [0.29, 0.717) is 39.4 Å². The van der Waals surface area contributed by atoms with Crippen molar-refractivity contribution in [3.05, 3.63) is 48.0 Å². The number of amides is 1. The summed E-state index contributed by atoms with van der Waals surface area (Å²) in [7, 11) is 6.24. The number of aryl methyl sites for hydroxylation is 1. The van der Waals surface area contributed by atoms with Crippen molar-refractivity contribution < 1.29 is 23.7 Å². The minimum Gasteiger partial charge on any atom is -0.495 e. The number of benzene rings is 2. The fraction of sp³-hybridized carbons (Fsp3) is 0.261. The Morgan fingerprint density at radius 3 is 2.12 bits per heavy atom. The van der Waals surface area contributed by atoms with Crippen molar-refractivity contribution in [2.24, 2.45) is 0 Å². The number of hydrogen-bond acceptors (Lipinski definition) is 8. The van der Waals surface area contributed by atoms with Crippen LogP contribution in [-0.2, 0) is 4.79 Å². The minimum atomic E-state index is -0.158. The van der Waals surface area contributed by atoms with Gasteiger partial charge in [-0.2, -0.15) is 0 Å². The number of carbonyl (C=O) groups is 1. The average Bonchev–Trinajstić information content (AvgIpc) is 2.82. The molecule has 1 amide bonds. The summed E-state index contributed by atoms with van der Waals surface area (Å²) < 4.78 is 21.4. The molecule has 32 heavy (non-hydrogen) atoms. The van der Waals surface area contributed by atoms with Gasteiger partial charge in [0.25, 0.3) is 0 Å². The monoisotopic (exact) mass is 455 g/mol. The zero-order chi connectivity index (χ0) is 23.1. The van der Waals surface area contributed by atoms with Gasteiger partial charge in [-0.3, -0.25) is 4.79 Å². The molecule has 0 saturated heterocycles. The molecule has 0 atom stereocenters. The molecule has 0 unspecified atom stereocenters. The molecule has 0 aliphatic carbocycles. The van der Waals surface area contributed by atoms with Crippen LogP contribution in [0.2, 0.25) is 0 Å². The molecule has 0 fully saturated rings. The molecule has 3 aromatic rings. The second kappa shape index (κ2) is 10.7. The topological polar surface area (TPSA) is 91.8 Å². The number of carbonyl (C=O) groups excluding carboxylic acids is 1. The van der Waals surface area contributed by atoms with Gasteiger partial charge in [-0.25, -0.2) is 0 Å². The lowest BCUT2D eigenvalue weighted by atomic mass is 10.1. The van der Waals surface area contributed by atoms with Gasteiger partial charge in [0.2, 0.25) is 11.7 Å². The van der Waals surface area contributed by atoms with Crippen molar-refractivity contribution in [2.45, 2.75) is 11.9 Å². The number of rotatable bonds is 9. The van der Waals surface area contributed by atoms with E-state index in [1.165, 1.54) is 11.8 Å². The number of nitrogens with zero attached hydrogens (tertiary/aromatic N) is 2. The van der Waals surface area contributed by atoms with E-state index in [4.69, 9.17) is 18.9 Å². The quantitative estimate of drug-likeness (QED) is 0.480. The number of thioether (sulfide) groups is 1. The molecule has 0 radical (unpaired) electrons. The summed E-state index contributed by atoms with van der Waals surface area (Å²) in [6.07, 6.45) is 0. The van der Waals surface area contributed by atoms with Crippen molar-refractivity contribution in [1.82, 2.24) is 10.2 Å². The molecule has 0 spiro atoms. The third-order valence-electron chi connectivity index (χ3n) is 4.58. The summed E-state index contributed by atoms with van der Waals surface area (Å²) in [5.41, 5.74) is 3.08. The van der Waals surface area contributed by atoms with Crippen molar-refractivity contribution in [3.63, 3.8) is 0 Å². The molecular formula is C23H25N3O5S. The smallest absolute Gasteiger partial charge is 0.234 e. The molecular weight excluding hydrogens is 430 g/mol. The highest BCUT2D eigenvalue weighted by Gasteiger charge is 2.15. The van der Waals surface area contributed by atoms with Crippen molar-refractivity contribution in [1.29, 1.82) is 0 Å². The number of ether oxygens (including phenoxy) is 4. The molecule has 1 aromatic heterocycles. The Kier molecular flexibility index (Phi) is 7.77. The van der Waals surface area contributed by atoms with E-state index in [2.05, 4.69) is 15.5 Å². The van der Waals surface area contributed by atoms with E-state index in [1.807, 2.05) is 37.3 Å². The maximum atomic E-state index is 12.4. The predicted molar refractivity (Wildman–Crippen MR) is 124 cm³/mol. The van der Waals surface area contributed by atoms with E-state index in [0.717, 1.165) is 11.1 Å². The summed E-state index contributed by atoms with van der Waals surface area (Å²) in [4.78, 5) is 12.4. The highest BCUT2D eigenvalue weighted by Crippen LogP contribution is 2.40. The lowest BCUT2D eigenvalue weighted by Gasteiger charge is -2.13. The Balaban J connectivity index is 1.68. The first-order chi connectivity index (χ1) is 15.5. The highest BCUT2D eigenvalue weighted by molar-refractivity contribution is 7.99. The minimum absolute atomic E-state index is 0.158. The fourth-order valence-electron chi connectivity index (χ4n) is 3.03. The Hall–Kier alpha value is -3.46. The van der Waals surface area contributed by atoms with Gasteiger partial charge in [0, 0.05) is 5.56 Å². The van der Waals surface area contributed by atoms with E-state index in [9.17, 15) is 4.79 Å². The van der Waals surface area contributed by atoms with Crippen LogP contribution in [0.5, 0.6) is 23.0 Å². The molecule has 3 rings (SSSR count). The number of aromatic nitrogens is 2. The molecule has 0 aliphatic heterocycles. The Morgan fingerprint density at radius 2 is 1.56 bits per heavy atom. The molecule has 0 saturated carbocycles. The Labute approximate surface area is 191 Å². The third kappa shape index (κ3) is 5.42. The van der Waals surface area contributed by atoms with Crippen LogP contribution in [0.1, 0.15) is 5.56 Å². The van der Waals surface area contributed by atoms with Crippen LogP contribution in [0.15, 0.2) is 47.5 Å². The average molecular weight is 456 g/mol. The molecule has 0 aliphatic rings. The lowest BCUT2D eigenvalue weighted by molar-refractivity contribution is -0.113. The van der Waals surface area contributed by atoms with E-state index in [-0.39, 0.29) is 11.7 Å². The van der Waals surface area contributed by atoms with Crippen LogP contribution in [0, 0.1) is 6.92 Å². The molecule has 9 heteroatoms. The summed E-state index contributed by atoms with van der Waals surface area (Å²) in [6, 6.07) is 12.9. The summed E-state index contributed by atoms with van der Waals surface area (Å²) in [6.45, 7) is 1.95. The maximum Gasteiger partial charge on any atom is 0.234 e. The lowest BCUT2D eigenvalue weighted by Crippen LogP contribution is -2.15. The summed E-state index contributed by atoms with van der Waals surface area (Å²) in [5, 5.41) is 12.0. The Morgan fingerprint density at radius 1 is 0.875 bits per heavy atom. The zero-order valence-electron chi connectivity index (χ0n) is 18.6. The molecule has 1 N–H and O–H groups in total. The first-order valence-corrected chi connectivity index (χ1v) is 10.7. The number of hydrogen-bond donors (Lipinski definition) is 1. The van der Waals surface area contributed by atoms with E-state index >= 15 is 0 Å². The number of nitrogens with one attached hydrogen (secondary N) is 1. The van der Waals surface area contributed by atoms with Gasteiger partial charge in [-0.05, 0) is 48.9 Å². The van der Waals surface area contributed by atoms with E-state index in [1.54, 1.807) is 40.6 Å². The van der Waals surface area contributed by atoms with Gasteiger partial charge in [0.15, 0.2) is 11.5 Å².